The molecule has 0 aliphatic carbocycles. The second-order valence-electron chi connectivity index (χ2n) is 10.1. The van der Waals surface area contributed by atoms with Gasteiger partial charge in [-0.05, 0) is 0 Å². The average molecular weight is 853 g/mol. The minimum absolute atomic E-state index is 0. The molecule has 0 atom stereocenters. The molecule has 0 bridgehead atoms. The molecular weight excluding hydrogens is 835 g/mol. The molecule has 0 fully saturated rings. The summed E-state index contributed by atoms with van der Waals surface area (Å²) in [5, 5.41) is 120. The monoisotopic (exact) mass is 851 g/mol. The van der Waals surface area contributed by atoms with Crippen LogP contribution in [0.3, 0.4) is 0 Å². The van der Waals surface area contributed by atoms with Crippen LogP contribution in [-0.2, 0) is 17.1 Å². The number of hydrogen-bond donors (Lipinski definition) is 3. The zero-order chi connectivity index (χ0) is 40.3. The SMILES string of the molecule is COc1cc2c(cc1Cl)[n+]([O-])c(C#N)c(=N)n2[O-].COc1cc2c(cc1Cl)[n+]([O-])c(C#N)c(=N)n2[O-].COc1cc2c(cc1Cl)[n+]([O-])c(C#N)c(=N)n2[O-].[Fe+3]. The van der Waals surface area contributed by atoms with E-state index in [0.717, 1.165) is 0 Å². The second kappa shape index (κ2) is 16.9. The third-order valence-electron chi connectivity index (χ3n) is 7.27. The third-order valence-corrected chi connectivity index (χ3v) is 8.16. The first-order valence-corrected chi connectivity index (χ1v) is 15.2. The van der Waals surface area contributed by atoms with Crippen LogP contribution < -0.4 is 44.9 Å². The quantitative estimate of drug-likeness (QED) is 0.131. The molecule has 0 amide bonds. The van der Waals surface area contributed by atoms with Gasteiger partial charge in [-0.15, -0.1) is 0 Å². The molecular formula is C30H18Cl3FeN12O9. The maximum atomic E-state index is 11.8. The Kier molecular flexibility index (Phi) is 13.0. The van der Waals surface area contributed by atoms with Crippen LogP contribution in [-0.4, -0.2) is 35.5 Å². The van der Waals surface area contributed by atoms with E-state index in [9.17, 15) is 31.2 Å². The number of rotatable bonds is 3. The fourth-order valence-corrected chi connectivity index (χ4v) is 5.34. The van der Waals surface area contributed by atoms with Gasteiger partial charge in [0.25, 0.3) is 0 Å². The molecule has 0 saturated carbocycles. The number of methoxy groups -OCH3 is 3. The van der Waals surface area contributed by atoms with Gasteiger partial charge in [-0.3, -0.25) is 16.2 Å². The molecule has 3 aromatic carbocycles. The number of aromatic nitrogens is 6. The minimum atomic E-state index is -0.718. The summed E-state index contributed by atoms with van der Waals surface area (Å²) >= 11 is 17.5. The van der Waals surface area contributed by atoms with E-state index in [1.54, 1.807) is 0 Å². The van der Waals surface area contributed by atoms with Crippen molar-refractivity contribution in [2.24, 2.45) is 0 Å². The van der Waals surface area contributed by atoms with Gasteiger partial charge in [0.1, 0.15) is 33.8 Å². The molecule has 6 aromatic rings. The summed E-state index contributed by atoms with van der Waals surface area (Å²) in [6.07, 6.45) is 0. The molecule has 0 aliphatic heterocycles. The molecule has 281 valence electrons. The van der Waals surface area contributed by atoms with Gasteiger partial charge in [0.2, 0.25) is 33.0 Å². The molecule has 0 spiro atoms. The Hall–Kier alpha value is -6.86. The van der Waals surface area contributed by atoms with E-state index in [0.29, 0.717) is 0 Å². The largest absolute Gasteiger partial charge is 3.00 e. The molecule has 55 heavy (non-hydrogen) atoms. The van der Waals surface area contributed by atoms with E-state index in [2.05, 4.69) is 0 Å². The first-order chi connectivity index (χ1) is 25.5. The smallest absolute Gasteiger partial charge is 0.804 e. The Bertz CT molecular complexity index is 2560. The van der Waals surface area contributed by atoms with Crippen molar-refractivity contribution < 1.29 is 45.5 Å². The summed E-state index contributed by atoms with van der Waals surface area (Å²) in [6, 6.07) is 11.9. The average Bonchev–Trinajstić information content (AvgIpc) is 3.16. The van der Waals surface area contributed by atoms with Gasteiger partial charge in [-0.25, -0.2) is 0 Å². The third kappa shape index (κ3) is 7.50. The molecule has 25 heteroatoms. The second-order valence-corrected chi connectivity index (χ2v) is 11.3. The molecule has 0 saturated heterocycles. The van der Waals surface area contributed by atoms with Gasteiger partial charge in [-0.1, -0.05) is 34.8 Å². The number of nitrogens with zero attached hydrogens (tertiary/aromatic N) is 9. The first kappa shape index (κ1) is 42.6. The van der Waals surface area contributed by atoms with Gasteiger partial charge in [-0.2, -0.15) is 30.0 Å². The fraction of sp³-hybridized carbons (Fsp3) is 0.100. The molecule has 3 heterocycles. The van der Waals surface area contributed by atoms with Gasteiger partial charge in [0.15, 0.2) is 18.2 Å². The Labute approximate surface area is 331 Å². The zero-order valence-electron chi connectivity index (χ0n) is 27.7. The Morgan fingerprint density at radius 1 is 0.527 bits per heavy atom. The summed E-state index contributed by atoms with van der Waals surface area (Å²) in [5.41, 5.74) is -4.45. The summed E-state index contributed by atoms with van der Waals surface area (Å²) in [6.45, 7) is 0. The van der Waals surface area contributed by atoms with Crippen LogP contribution in [0.4, 0.5) is 0 Å². The van der Waals surface area contributed by atoms with Crippen molar-refractivity contribution in [1.29, 1.82) is 32.0 Å². The van der Waals surface area contributed by atoms with Gasteiger partial charge >= 0.3 is 34.2 Å². The van der Waals surface area contributed by atoms with E-state index in [4.69, 9.17) is 81.0 Å². The Morgan fingerprint density at radius 2 is 0.745 bits per heavy atom. The number of hydrogen-bond acceptors (Lipinski definition) is 15. The van der Waals surface area contributed by atoms with Crippen LogP contribution in [0.5, 0.6) is 17.2 Å². The number of nitriles is 3. The number of ether oxygens (including phenoxy) is 3. The summed E-state index contributed by atoms with van der Waals surface area (Å²) in [7, 11) is 4.08. The maximum absolute atomic E-state index is 11.8. The Morgan fingerprint density at radius 3 is 0.927 bits per heavy atom. The van der Waals surface area contributed by atoms with E-state index >= 15 is 0 Å². The van der Waals surface area contributed by atoms with Crippen molar-refractivity contribution in [2.75, 3.05) is 21.3 Å². The van der Waals surface area contributed by atoms with Gasteiger partial charge in [0, 0.05) is 36.4 Å². The number of nitrogens with one attached hydrogen (secondary N) is 3. The zero-order valence-corrected chi connectivity index (χ0v) is 31.0. The van der Waals surface area contributed by atoms with Gasteiger partial charge < -0.3 is 59.6 Å². The topological polar surface area (TPSA) is 335 Å². The van der Waals surface area contributed by atoms with Crippen molar-refractivity contribution in [1.82, 2.24) is 14.2 Å². The minimum Gasteiger partial charge on any atom is -0.804 e. The molecule has 6 rings (SSSR count). The van der Waals surface area contributed by atoms with Crippen LogP contribution in [0.15, 0.2) is 36.4 Å². The summed E-state index contributed by atoms with van der Waals surface area (Å²) < 4.78 is 15.9. The standard InChI is InChI=1S/3C10H6ClN4O3.Fe/c3*1-18-9-3-7-6(2-5(9)11)14(16)8(4-12)10(13)15(7)17;/h3*2-3,13H,1H3;/q3*-1;+3. The van der Waals surface area contributed by atoms with Crippen molar-refractivity contribution in [3.8, 4) is 35.5 Å². The molecule has 3 aromatic heterocycles. The van der Waals surface area contributed by atoms with Crippen molar-refractivity contribution >= 4 is 67.9 Å². The van der Waals surface area contributed by atoms with E-state index in [1.165, 1.54) is 75.9 Å². The number of benzene rings is 3. The number of halogens is 3. The number of fused-ring (bicyclic) bond motifs is 3. The molecule has 1 radical (unpaired) electrons. The van der Waals surface area contributed by atoms with E-state index < -0.39 is 33.5 Å². The molecule has 0 unspecified atom stereocenters. The maximum Gasteiger partial charge on any atom is 3.00 e. The first-order valence-electron chi connectivity index (χ1n) is 14.1. The van der Waals surface area contributed by atoms with Crippen LogP contribution in [0.2, 0.25) is 15.1 Å². The van der Waals surface area contributed by atoms with Crippen LogP contribution in [0.25, 0.3) is 33.1 Å². The van der Waals surface area contributed by atoms with Crippen molar-refractivity contribution in [2.45, 2.75) is 0 Å². The predicted molar refractivity (Wildman–Crippen MR) is 185 cm³/mol. The molecule has 3 N–H and O–H groups in total. The Balaban J connectivity index is 0.000000220. The molecule has 21 nitrogen and oxygen atoms in total. The fourth-order valence-electron chi connectivity index (χ4n) is 4.64. The van der Waals surface area contributed by atoms with E-state index in [1.807, 2.05) is 0 Å². The van der Waals surface area contributed by atoms with Crippen LogP contribution >= 0.6 is 34.8 Å². The van der Waals surface area contributed by atoms with E-state index in [-0.39, 0.29) is 111 Å². The summed E-state index contributed by atoms with van der Waals surface area (Å²) in [5.74, 6) is 0.619. The molecule has 0 aliphatic rings. The van der Waals surface area contributed by atoms with Crippen LogP contribution in [0.1, 0.15) is 17.1 Å². The summed E-state index contributed by atoms with van der Waals surface area (Å²) in [4.78, 5) is 0. The predicted octanol–water partition coefficient (Wildman–Crippen LogP) is 1.90. The van der Waals surface area contributed by atoms with Gasteiger partial charge in [0.05, 0.1) is 36.4 Å². The van der Waals surface area contributed by atoms with Crippen molar-refractivity contribution in [3.63, 3.8) is 0 Å². The van der Waals surface area contributed by atoms with Crippen molar-refractivity contribution in [3.05, 3.63) is 116 Å². The van der Waals surface area contributed by atoms with Crippen LogP contribution in [0, 0.1) is 81.5 Å². The normalized spacial score (nSPS) is 10.1.